The van der Waals surface area contributed by atoms with Crippen LogP contribution in [0.25, 0.3) is 0 Å². The summed E-state index contributed by atoms with van der Waals surface area (Å²) in [5, 5.41) is 17.6. The van der Waals surface area contributed by atoms with Crippen molar-refractivity contribution >= 4 is 5.97 Å². The van der Waals surface area contributed by atoms with Gasteiger partial charge in [-0.25, -0.2) is 4.79 Å². The number of aliphatic hydroxyl groups is 1. The number of carbonyl (C=O) groups is 1. The Hall–Kier alpha value is -1.76. The van der Waals surface area contributed by atoms with E-state index in [1.165, 1.54) is 25.1 Å². The van der Waals surface area contributed by atoms with Gasteiger partial charge in [0, 0.05) is 0 Å². The van der Waals surface area contributed by atoms with Gasteiger partial charge < -0.3 is 14.9 Å². The Morgan fingerprint density at radius 1 is 1.44 bits per heavy atom. The number of halogens is 3. The Bertz CT molecular complexity index is 442. The maximum absolute atomic E-state index is 12.1. The van der Waals surface area contributed by atoms with Gasteiger partial charge in [0.25, 0.3) is 0 Å². The van der Waals surface area contributed by atoms with Crippen LogP contribution < -0.4 is 4.74 Å². The molecule has 1 rings (SSSR count). The molecule has 0 aliphatic carbocycles. The average Bonchev–Trinajstić information content (AvgIpc) is 2.25. The number of carboxylic acids is 1. The summed E-state index contributed by atoms with van der Waals surface area (Å²) in [6, 6.07) is 4.16. The van der Waals surface area contributed by atoms with Crippen LogP contribution in [0.1, 0.15) is 15.9 Å². The van der Waals surface area contributed by atoms with E-state index in [2.05, 4.69) is 0 Å². The number of rotatable bonds is 4. The van der Waals surface area contributed by atoms with Gasteiger partial charge in [-0.1, -0.05) is 12.1 Å². The molecule has 7 heteroatoms. The van der Waals surface area contributed by atoms with Crippen LogP contribution in [0.4, 0.5) is 13.2 Å². The quantitative estimate of drug-likeness (QED) is 0.872. The summed E-state index contributed by atoms with van der Waals surface area (Å²) >= 11 is 0. The molecule has 0 spiro atoms. The molecule has 4 nitrogen and oxygen atoms in total. The Labute approximate surface area is 101 Å². The van der Waals surface area contributed by atoms with Crippen LogP contribution in [0, 0.1) is 6.92 Å². The van der Waals surface area contributed by atoms with Gasteiger partial charge in [0.1, 0.15) is 17.9 Å². The summed E-state index contributed by atoms with van der Waals surface area (Å²) in [5.41, 5.74) is 0.133. The van der Waals surface area contributed by atoms with E-state index in [0.29, 0.717) is 5.56 Å². The minimum absolute atomic E-state index is 0.173. The smallest absolute Gasteiger partial charge is 0.417 e. The SMILES string of the molecule is Cc1cccc(C(=O)O)c1OCC(O)C(F)(F)F. The molecule has 0 bridgehead atoms. The molecule has 18 heavy (non-hydrogen) atoms. The first kappa shape index (κ1) is 14.3. The van der Waals surface area contributed by atoms with Crippen LogP contribution in [0.3, 0.4) is 0 Å². The van der Waals surface area contributed by atoms with Crippen LogP contribution in [0.5, 0.6) is 5.75 Å². The van der Waals surface area contributed by atoms with Gasteiger partial charge in [-0.05, 0) is 18.6 Å². The third-order valence-electron chi connectivity index (χ3n) is 2.21. The van der Waals surface area contributed by atoms with Crippen LogP contribution in [-0.2, 0) is 0 Å². The first-order valence-electron chi connectivity index (χ1n) is 4.94. The summed E-state index contributed by atoms with van der Waals surface area (Å²) in [6.07, 6.45) is -7.45. The van der Waals surface area contributed by atoms with E-state index in [9.17, 15) is 18.0 Å². The molecular formula is C11H11F3O4. The Balaban J connectivity index is 2.88. The number of benzene rings is 1. The number of aliphatic hydroxyl groups excluding tert-OH is 1. The van der Waals surface area contributed by atoms with Crippen molar-refractivity contribution in [1.82, 2.24) is 0 Å². The first-order valence-corrected chi connectivity index (χ1v) is 4.94. The van der Waals surface area contributed by atoms with Crippen LogP contribution in [-0.4, -0.2) is 35.1 Å². The fourth-order valence-corrected chi connectivity index (χ4v) is 1.27. The Morgan fingerprint density at radius 3 is 2.56 bits per heavy atom. The van der Waals surface area contributed by atoms with Gasteiger partial charge in [-0.3, -0.25) is 0 Å². The molecule has 1 unspecified atom stereocenters. The van der Waals surface area contributed by atoms with E-state index >= 15 is 0 Å². The molecule has 2 N–H and O–H groups in total. The van der Waals surface area contributed by atoms with Gasteiger partial charge in [0.05, 0.1) is 0 Å². The van der Waals surface area contributed by atoms with Gasteiger partial charge >= 0.3 is 12.1 Å². The molecule has 100 valence electrons. The maximum atomic E-state index is 12.1. The summed E-state index contributed by atoms with van der Waals surface area (Å²) in [6.45, 7) is 0.455. The molecule has 0 saturated heterocycles. The molecule has 0 amide bonds. The van der Waals surface area contributed by atoms with Crippen molar-refractivity contribution in [3.05, 3.63) is 29.3 Å². The van der Waals surface area contributed by atoms with Crippen molar-refractivity contribution in [1.29, 1.82) is 0 Å². The van der Waals surface area contributed by atoms with Gasteiger partial charge in [0.15, 0.2) is 6.10 Å². The highest BCUT2D eigenvalue weighted by molar-refractivity contribution is 5.91. The van der Waals surface area contributed by atoms with E-state index in [0.717, 1.165) is 0 Å². The molecule has 1 aromatic carbocycles. The molecule has 0 aliphatic heterocycles. The maximum Gasteiger partial charge on any atom is 0.417 e. The topological polar surface area (TPSA) is 66.8 Å². The van der Waals surface area contributed by atoms with Gasteiger partial charge in [-0.2, -0.15) is 13.2 Å². The van der Waals surface area contributed by atoms with E-state index in [1.807, 2.05) is 0 Å². The molecule has 0 aliphatic rings. The number of alkyl halides is 3. The monoisotopic (exact) mass is 264 g/mol. The molecule has 1 atom stereocenters. The second kappa shape index (κ2) is 5.26. The normalized spacial score (nSPS) is 13.2. The number of hydrogen-bond donors (Lipinski definition) is 2. The van der Waals surface area contributed by atoms with Crippen molar-refractivity contribution in [2.75, 3.05) is 6.61 Å². The fraction of sp³-hybridized carbons (Fsp3) is 0.364. The number of aryl methyl sites for hydroxylation is 1. The molecular weight excluding hydrogens is 253 g/mol. The highest BCUT2D eigenvalue weighted by Crippen LogP contribution is 2.26. The lowest BCUT2D eigenvalue weighted by Crippen LogP contribution is -2.34. The number of hydrogen-bond acceptors (Lipinski definition) is 3. The first-order chi connectivity index (χ1) is 8.23. The zero-order chi connectivity index (χ0) is 13.9. The molecule has 0 heterocycles. The van der Waals surface area contributed by atoms with Crippen molar-refractivity contribution in [3.63, 3.8) is 0 Å². The van der Waals surface area contributed by atoms with Gasteiger partial charge in [-0.15, -0.1) is 0 Å². The van der Waals surface area contributed by atoms with Crippen LogP contribution in [0.2, 0.25) is 0 Å². The minimum Gasteiger partial charge on any atom is -0.489 e. The molecule has 0 radical (unpaired) electrons. The largest absolute Gasteiger partial charge is 0.489 e. The van der Waals surface area contributed by atoms with Crippen LogP contribution >= 0.6 is 0 Å². The fourth-order valence-electron chi connectivity index (χ4n) is 1.27. The van der Waals surface area contributed by atoms with Crippen molar-refractivity contribution in [3.8, 4) is 5.75 Å². The standard InChI is InChI=1S/C11H11F3O4/c1-6-3-2-4-7(10(16)17)9(6)18-5-8(15)11(12,13)14/h2-4,8,15H,5H2,1H3,(H,16,17). The second-order valence-electron chi connectivity index (χ2n) is 3.63. The van der Waals surface area contributed by atoms with Crippen molar-refractivity contribution in [2.24, 2.45) is 0 Å². The zero-order valence-corrected chi connectivity index (χ0v) is 9.36. The molecule has 0 saturated carbocycles. The van der Waals surface area contributed by atoms with Crippen LogP contribution in [0.15, 0.2) is 18.2 Å². The van der Waals surface area contributed by atoms with Crippen molar-refractivity contribution in [2.45, 2.75) is 19.2 Å². The summed E-state index contributed by atoms with van der Waals surface area (Å²) in [5.74, 6) is -1.48. The lowest BCUT2D eigenvalue weighted by Gasteiger charge is -2.17. The molecule has 0 aromatic heterocycles. The third kappa shape index (κ3) is 3.36. The highest BCUT2D eigenvalue weighted by atomic mass is 19.4. The summed E-state index contributed by atoms with van der Waals surface area (Å²) in [4.78, 5) is 10.9. The number of carboxylic acid groups (broad SMARTS) is 1. The van der Waals surface area contributed by atoms with E-state index in [4.69, 9.17) is 14.9 Å². The molecule has 1 aromatic rings. The van der Waals surface area contributed by atoms with E-state index < -0.39 is 24.9 Å². The molecule has 0 fully saturated rings. The summed E-state index contributed by atoms with van der Waals surface area (Å²) < 4.78 is 41.0. The number of para-hydroxylation sites is 1. The second-order valence-corrected chi connectivity index (χ2v) is 3.63. The predicted octanol–water partition coefficient (Wildman–Crippen LogP) is 2.00. The van der Waals surface area contributed by atoms with Gasteiger partial charge in [0.2, 0.25) is 0 Å². The zero-order valence-electron chi connectivity index (χ0n) is 9.36. The lowest BCUT2D eigenvalue weighted by molar-refractivity contribution is -0.210. The lowest BCUT2D eigenvalue weighted by atomic mass is 10.1. The van der Waals surface area contributed by atoms with E-state index in [-0.39, 0.29) is 11.3 Å². The predicted molar refractivity (Wildman–Crippen MR) is 55.7 cm³/mol. The minimum atomic E-state index is -4.80. The Kier molecular flexibility index (Phi) is 4.18. The average molecular weight is 264 g/mol. The third-order valence-corrected chi connectivity index (χ3v) is 2.21. The Morgan fingerprint density at radius 2 is 2.06 bits per heavy atom. The summed E-state index contributed by atoms with van der Waals surface area (Å²) in [7, 11) is 0. The highest BCUT2D eigenvalue weighted by Gasteiger charge is 2.39. The van der Waals surface area contributed by atoms with E-state index in [1.54, 1.807) is 0 Å². The number of aromatic carboxylic acids is 1. The van der Waals surface area contributed by atoms with Crippen molar-refractivity contribution < 1.29 is 32.9 Å². The number of ether oxygens (including phenoxy) is 1.